The smallest absolute Gasteiger partial charge is 0.223 e. The van der Waals surface area contributed by atoms with Crippen molar-refractivity contribution in [3.05, 3.63) is 42.1 Å². The van der Waals surface area contributed by atoms with E-state index < -0.39 is 0 Å². The number of hydrogen-bond donors (Lipinski definition) is 0. The van der Waals surface area contributed by atoms with Crippen LogP contribution in [0.25, 0.3) is 11.3 Å². The quantitative estimate of drug-likeness (QED) is 0.802. The summed E-state index contributed by atoms with van der Waals surface area (Å²) in [6.45, 7) is 4.04. The Labute approximate surface area is 124 Å². The SMILES string of the molecule is CC(=O)N1CCN(C)Cc2cc(-c3cccnn3)ccc21. The summed E-state index contributed by atoms with van der Waals surface area (Å²) in [5, 5.41) is 8.08. The molecule has 2 aromatic rings. The van der Waals surface area contributed by atoms with Gasteiger partial charge in [0.05, 0.1) is 5.69 Å². The van der Waals surface area contributed by atoms with Crippen LogP contribution in [0.3, 0.4) is 0 Å². The number of carbonyl (C=O) groups excluding carboxylic acids is 1. The predicted molar refractivity (Wildman–Crippen MR) is 81.8 cm³/mol. The maximum absolute atomic E-state index is 11.9. The molecule has 0 aliphatic carbocycles. The van der Waals surface area contributed by atoms with Crippen molar-refractivity contribution in [2.24, 2.45) is 0 Å². The van der Waals surface area contributed by atoms with Crippen LogP contribution in [0.5, 0.6) is 0 Å². The fourth-order valence-electron chi connectivity index (χ4n) is 2.68. The zero-order valence-electron chi connectivity index (χ0n) is 12.3. The first-order chi connectivity index (χ1) is 10.1. The second-order valence-electron chi connectivity index (χ2n) is 5.36. The Morgan fingerprint density at radius 1 is 1.24 bits per heavy atom. The summed E-state index contributed by atoms with van der Waals surface area (Å²) >= 11 is 0. The van der Waals surface area contributed by atoms with E-state index >= 15 is 0 Å². The Bertz CT molecular complexity index is 657. The molecule has 1 aromatic carbocycles. The minimum Gasteiger partial charge on any atom is -0.311 e. The van der Waals surface area contributed by atoms with Gasteiger partial charge in [0.2, 0.25) is 5.91 Å². The average molecular weight is 282 g/mol. The Morgan fingerprint density at radius 3 is 2.81 bits per heavy atom. The highest BCUT2D eigenvalue weighted by Crippen LogP contribution is 2.29. The highest BCUT2D eigenvalue weighted by atomic mass is 16.2. The lowest BCUT2D eigenvalue weighted by Gasteiger charge is -2.21. The van der Waals surface area contributed by atoms with Crippen LogP contribution in [-0.2, 0) is 11.3 Å². The number of aromatic nitrogens is 2. The van der Waals surface area contributed by atoms with Gasteiger partial charge in [0, 0.05) is 44.0 Å². The number of carbonyl (C=O) groups is 1. The molecule has 0 atom stereocenters. The first kappa shape index (κ1) is 13.7. The van der Waals surface area contributed by atoms with E-state index in [1.807, 2.05) is 29.2 Å². The molecule has 0 spiro atoms. The van der Waals surface area contributed by atoms with Crippen LogP contribution < -0.4 is 4.90 Å². The summed E-state index contributed by atoms with van der Waals surface area (Å²) in [4.78, 5) is 15.9. The van der Waals surface area contributed by atoms with Crippen LogP contribution >= 0.6 is 0 Å². The predicted octanol–water partition coefficient (Wildman–Crippen LogP) is 1.94. The van der Waals surface area contributed by atoms with Crippen molar-refractivity contribution < 1.29 is 4.79 Å². The molecule has 108 valence electrons. The van der Waals surface area contributed by atoms with E-state index in [1.165, 1.54) is 0 Å². The molecule has 0 saturated carbocycles. The van der Waals surface area contributed by atoms with Gasteiger partial charge in [-0.3, -0.25) is 4.79 Å². The summed E-state index contributed by atoms with van der Waals surface area (Å²) < 4.78 is 0. The molecule has 5 nitrogen and oxygen atoms in total. The molecular formula is C16H18N4O. The number of anilines is 1. The van der Waals surface area contributed by atoms with E-state index in [0.717, 1.165) is 42.1 Å². The molecule has 0 fully saturated rings. The van der Waals surface area contributed by atoms with Gasteiger partial charge in [0.15, 0.2) is 0 Å². The normalized spacial score (nSPS) is 15.4. The maximum Gasteiger partial charge on any atom is 0.223 e. The standard InChI is InChI=1S/C16H18N4O/c1-12(21)20-9-8-19(2)11-14-10-13(5-6-16(14)20)15-4-3-7-17-18-15/h3-7,10H,8-9,11H2,1-2H3. The van der Waals surface area contributed by atoms with Crippen molar-refractivity contribution in [2.75, 3.05) is 25.0 Å². The van der Waals surface area contributed by atoms with Gasteiger partial charge in [-0.2, -0.15) is 10.2 Å². The van der Waals surface area contributed by atoms with Crippen molar-refractivity contribution in [3.8, 4) is 11.3 Å². The molecular weight excluding hydrogens is 264 g/mol. The first-order valence-corrected chi connectivity index (χ1v) is 7.03. The highest BCUT2D eigenvalue weighted by molar-refractivity contribution is 5.93. The van der Waals surface area contributed by atoms with Crippen LogP contribution in [0.4, 0.5) is 5.69 Å². The molecule has 1 amide bonds. The van der Waals surface area contributed by atoms with Gasteiger partial charge < -0.3 is 9.80 Å². The van der Waals surface area contributed by atoms with Crippen LogP contribution in [0, 0.1) is 0 Å². The third-order valence-corrected chi connectivity index (χ3v) is 3.76. The molecule has 21 heavy (non-hydrogen) atoms. The Balaban J connectivity index is 2.06. The summed E-state index contributed by atoms with van der Waals surface area (Å²) in [5.41, 5.74) is 4.02. The van der Waals surface area contributed by atoms with Gasteiger partial charge in [-0.1, -0.05) is 6.07 Å². The summed E-state index contributed by atoms with van der Waals surface area (Å²) in [6, 6.07) is 9.95. The number of fused-ring (bicyclic) bond motifs is 1. The van der Waals surface area contributed by atoms with E-state index in [1.54, 1.807) is 13.1 Å². The fourth-order valence-corrected chi connectivity index (χ4v) is 2.68. The van der Waals surface area contributed by atoms with E-state index in [-0.39, 0.29) is 5.91 Å². The number of hydrogen-bond acceptors (Lipinski definition) is 4. The van der Waals surface area contributed by atoms with Gasteiger partial charge in [0.1, 0.15) is 0 Å². The number of amides is 1. The van der Waals surface area contributed by atoms with Gasteiger partial charge in [-0.15, -0.1) is 0 Å². The van der Waals surface area contributed by atoms with Crippen molar-refractivity contribution in [1.29, 1.82) is 0 Å². The minimum atomic E-state index is 0.0822. The van der Waals surface area contributed by atoms with Gasteiger partial charge in [-0.25, -0.2) is 0 Å². The van der Waals surface area contributed by atoms with Crippen LogP contribution in [0.15, 0.2) is 36.5 Å². The lowest BCUT2D eigenvalue weighted by Crippen LogP contribution is -2.33. The molecule has 0 radical (unpaired) electrons. The summed E-state index contributed by atoms with van der Waals surface area (Å²) in [6.07, 6.45) is 1.66. The fraction of sp³-hybridized carbons (Fsp3) is 0.312. The first-order valence-electron chi connectivity index (χ1n) is 7.03. The molecule has 1 aliphatic rings. The molecule has 0 saturated heterocycles. The molecule has 0 N–H and O–H groups in total. The van der Waals surface area contributed by atoms with Crippen LogP contribution in [0.2, 0.25) is 0 Å². The largest absolute Gasteiger partial charge is 0.311 e. The van der Waals surface area contributed by atoms with E-state index in [2.05, 4.69) is 28.2 Å². The monoisotopic (exact) mass is 282 g/mol. The lowest BCUT2D eigenvalue weighted by molar-refractivity contribution is -0.116. The van der Waals surface area contributed by atoms with E-state index in [0.29, 0.717) is 0 Å². The Hall–Kier alpha value is -2.27. The second kappa shape index (κ2) is 5.61. The number of nitrogens with zero attached hydrogens (tertiary/aromatic N) is 4. The van der Waals surface area contributed by atoms with E-state index in [9.17, 15) is 4.79 Å². The molecule has 3 rings (SSSR count). The van der Waals surface area contributed by atoms with Crippen molar-refractivity contribution in [1.82, 2.24) is 15.1 Å². The number of likely N-dealkylation sites (N-methyl/N-ethyl adjacent to an activating group) is 1. The zero-order valence-corrected chi connectivity index (χ0v) is 12.3. The maximum atomic E-state index is 11.9. The summed E-state index contributed by atoms with van der Waals surface area (Å²) in [5.74, 6) is 0.0822. The van der Waals surface area contributed by atoms with Crippen molar-refractivity contribution in [2.45, 2.75) is 13.5 Å². The van der Waals surface area contributed by atoms with Gasteiger partial charge in [0.25, 0.3) is 0 Å². The lowest BCUT2D eigenvalue weighted by atomic mass is 10.0. The molecule has 0 bridgehead atoms. The minimum absolute atomic E-state index is 0.0822. The molecule has 1 aliphatic heterocycles. The average Bonchev–Trinajstić information content (AvgIpc) is 2.65. The topological polar surface area (TPSA) is 49.3 Å². The second-order valence-corrected chi connectivity index (χ2v) is 5.36. The Morgan fingerprint density at radius 2 is 2.10 bits per heavy atom. The molecule has 5 heteroatoms. The highest BCUT2D eigenvalue weighted by Gasteiger charge is 2.21. The third-order valence-electron chi connectivity index (χ3n) is 3.76. The van der Waals surface area contributed by atoms with Crippen LogP contribution in [-0.4, -0.2) is 41.1 Å². The summed E-state index contributed by atoms with van der Waals surface area (Å²) in [7, 11) is 2.07. The molecule has 1 aromatic heterocycles. The zero-order chi connectivity index (χ0) is 14.8. The third kappa shape index (κ3) is 2.78. The van der Waals surface area contributed by atoms with Gasteiger partial charge in [-0.05, 0) is 36.9 Å². The molecule has 2 heterocycles. The molecule has 0 unspecified atom stereocenters. The number of benzene rings is 1. The number of rotatable bonds is 1. The van der Waals surface area contributed by atoms with E-state index in [4.69, 9.17) is 0 Å². The van der Waals surface area contributed by atoms with Crippen LogP contribution in [0.1, 0.15) is 12.5 Å². The van der Waals surface area contributed by atoms with Gasteiger partial charge >= 0.3 is 0 Å². The Kier molecular flexibility index (Phi) is 3.66. The van der Waals surface area contributed by atoms with Crippen molar-refractivity contribution in [3.63, 3.8) is 0 Å². The van der Waals surface area contributed by atoms with Crippen molar-refractivity contribution >= 4 is 11.6 Å².